The SMILES string of the molecule is CCCCCc1ccc(C(=O)Oc2ccc3c(c2)C(C)(C)c2cc(OC(=O)c4ccc(OCCC5CO5)cc4)ccc2-3)cc1. The summed E-state index contributed by atoms with van der Waals surface area (Å²) in [5.41, 5.74) is 6.06. The van der Waals surface area contributed by atoms with Gasteiger partial charge >= 0.3 is 11.9 Å². The largest absolute Gasteiger partial charge is 0.493 e. The van der Waals surface area contributed by atoms with Crippen LogP contribution in [0.1, 0.15) is 83.9 Å². The fourth-order valence-corrected chi connectivity index (χ4v) is 5.77. The molecule has 6 nitrogen and oxygen atoms in total. The van der Waals surface area contributed by atoms with E-state index in [9.17, 15) is 9.59 Å². The first-order valence-corrected chi connectivity index (χ1v) is 15.5. The molecule has 1 unspecified atom stereocenters. The molecule has 1 saturated heterocycles. The zero-order valence-corrected chi connectivity index (χ0v) is 25.6. The summed E-state index contributed by atoms with van der Waals surface area (Å²) in [6.45, 7) is 7.84. The van der Waals surface area contributed by atoms with Crippen LogP contribution in [-0.4, -0.2) is 31.3 Å². The summed E-state index contributed by atoms with van der Waals surface area (Å²) in [4.78, 5) is 25.9. The van der Waals surface area contributed by atoms with E-state index in [2.05, 4.69) is 20.8 Å². The number of hydrogen-bond acceptors (Lipinski definition) is 6. The Labute approximate surface area is 258 Å². The van der Waals surface area contributed by atoms with Gasteiger partial charge in [-0.2, -0.15) is 0 Å². The summed E-state index contributed by atoms with van der Waals surface area (Å²) in [6, 6.07) is 26.2. The molecule has 44 heavy (non-hydrogen) atoms. The number of hydrogen-bond donors (Lipinski definition) is 0. The van der Waals surface area contributed by atoms with Gasteiger partial charge in [-0.05, 0) is 101 Å². The fraction of sp³-hybridized carbons (Fsp3) is 0.316. The van der Waals surface area contributed by atoms with Crippen LogP contribution >= 0.6 is 0 Å². The van der Waals surface area contributed by atoms with Crippen LogP contribution in [0, 0.1) is 0 Å². The quantitative estimate of drug-likeness (QED) is 0.0715. The number of fused-ring (bicyclic) bond motifs is 3. The lowest BCUT2D eigenvalue weighted by molar-refractivity contribution is 0.0725. The van der Waals surface area contributed by atoms with Gasteiger partial charge in [0.25, 0.3) is 0 Å². The van der Waals surface area contributed by atoms with Crippen molar-refractivity contribution >= 4 is 11.9 Å². The van der Waals surface area contributed by atoms with Crippen molar-refractivity contribution in [1.82, 2.24) is 0 Å². The molecule has 6 rings (SSSR count). The van der Waals surface area contributed by atoms with Gasteiger partial charge in [-0.25, -0.2) is 9.59 Å². The highest BCUT2D eigenvalue weighted by atomic mass is 16.6. The zero-order chi connectivity index (χ0) is 30.7. The lowest BCUT2D eigenvalue weighted by Gasteiger charge is -2.22. The first-order chi connectivity index (χ1) is 21.3. The van der Waals surface area contributed by atoms with Crippen LogP contribution in [0.2, 0.25) is 0 Å². The van der Waals surface area contributed by atoms with E-state index in [4.69, 9.17) is 18.9 Å². The van der Waals surface area contributed by atoms with Crippen molar-refractivity contribution < 1.29 is 28.5 Å². The first-order valence-electron chi connectivity index (χ1n) is 15.5. The van der Waals surface area contributed by atoms with Gasteiger partial charge in [0.1, 0.15) is 17.2 Å². The van der Waals surface area contributed by atoms with Crippen LogP contribution in [-0.2, 0) is 16.6 Å². The molecule has 1 fully saturated rings. The Morgan fingerprint density at radius 2 is 1.27 bits per heavy atom. The van der Waals surface area contributed by atoms with Gasteiger partial charge in [0, 0.05) is 11.8 Å². The summed E-state index contributed by atoms with van der Waals surface area (Å²) >= 11 is 0. The molecule has 4 aromatic rings. The van der Waals surface area contributed by atoms with Gasteiger partial charge in [-0.15, -0.1) is 0 Å². The molecule has 4 aromatic carbocycles. The summed E-state index contributed by atoms with van der Waals surface area (Å²) in [5.74, 6) is 0.880. The van der Waals surface area contributed by atoms with Crippen LogP contribution in [0.15, 0.2) is 84.9 Å². The molecule has 6 heteroatoms. The lowest BCUT2D eigenvalue weighted by Crippen LogP contribution is -2.16. The second-order valence-electron chi connectivity index (χ2n) is 12.1. The number of carbonyl (C=O) groups is 2. The van der Waals surface area contributed by atoms with E-state index >= 15 is 0 Å². The second-order valence-corrected chi connectivity index (χ2v) is 12.1. The van der Waals surface area contributed by atoms with Crippen molar-refractivity contribution in [3.8, 4) is 28.4 Å². The molecule has 0 aromatic heterocycles. The molecule has 0 saturated carbocycles. The van der Waals surface area contributed by atoms with Crippen molar-refractivity contribution in [3.63, 3.8) is 0 Å². The maximum Gasteiger partial charge on any atom is 0.343 e. The fourth-order valence-electron chi connectivity index (χ4n) is 5.77. The van der Waals surface area contributed by atoms with Crippen LogP contribution in [0.3, 0.4) is 0 Å². The Hall–Kier alpha value is -4.42. The van der Waals surface area contributed by atoms with Crippen molar-refractivity contribution in [2.45, 2.75) is 64.4 Å². The Kier molecular flexibility index (Phi) is 8.53. The number of ether oxygens (including phenoxy) is 4. The highest BCUT2D eigenvalue weighted by molar-refractivity contribution is 5.92. The molecule has 0 amide bonds. The van der Waals surface area contributed by atoms with Crippen LogP contribution in [0.25, 0.3) is 11.1 Å². The maximum absolute atomic E-state index is 12.9. The molecule has 1 aliphatic heterocycles. The van der Waals surface area contributed by atoms with E-state index < -0.39 is 5.97 Å². The van der Waals surface area contributed by atoms with Gasteiger partial charge in [0.15, 0.2) is 0 Å². The maximum atomic E-state index is 12.9. The molecule has 226 valence electrons. The van der Waals surface area contributed by atoms with Gasteiger partial charge in [0.2, 0.25) is 0 Å². The molecule has 2 aliphatic rings. The van der Waals surface area contributed by atoms with Gasteiger partial charge in [0.05, 0.1) is 30.4 Å². The van der Waals surface area contributed by atoms with Gasteiger partial charge < -0.3 is 18.9 Å². The van der Waals surface area contributed by atoms with Crippen LogP contribution in [0.5, 0.6) is 17.2 Å². The monoisotopic (exact) mass is 590 g/mol. The third kappa shape index (κ3) is 6.56. The third-order valence-electron chi connectivity index (χ3n) is 8.50. The molecule has 0 bridgehead atoms. The van der Waals surface area contributed by atoms with Crippen molar-refractivity contribution in [1.29, 1.82) is 0 Å². The van der Waals surface area contributed by atoms with Crippen molar-refractivity contribution in [2.75, 3.05) is 13.2 Å². The summed E-state index contributed by atoms with van der Waals surface area (Å²) in [6.07, 6.45) is 5.74. The predicted octanol–water partition coefficient (Wildman–Crippen LogP) is 8.33. The van der Waals surface area contributed by atoms with E-state index in [1.54, 1.807) is 24.3 Å². The molecular formula is C38H38O6. The number of carbonyl (C=O) groups excluding carboxylic acids is 2. The number of benzene rings is 4. The van der Waals surface area contributed by atoms with E-state index in [0.29, 0.717) is 41.1 Å². The smallest absolute Gasteiger partial charge is 0.343 e. The Bertz CT molecular complexity index is 1650. The first kappa shape index (κ1) is 29.6. The molecule has 1 heterocycles. The highest BCUT2D eigenvalue weighted by Gasteiger charge is 2.36. The minimum atomic E-state index is -0.431. The third-order valence-corrected chi connectivity index (χ3v) is 8.50. The average Bonchev–Trinajstić information content (AvgIpc) is 3.83. The molecular weight excluding hydrogens is 552 g/mol. The molecule has 0 radical (unpaired) electrons. The average molecular weight is 591 g/mol. The standard InChI is InChI=1S/C38H38O6/c1-4-5-6-7-25-8-10-26(11-9-25)36(39)43-29-16-18-32-33-19-17-30(23-35(33)38(2,3)34(32)22-29)44-37(40)27-12-14-28(15-13-27)41-21-20-31-24-42-31/h8-19,22-23,31H,4-7,20-21,24H2,1-3H3. The molecule has 1 aliphatic carbocycles. The topological polar surface area (TPSA) is 74.4 Å². The van der Waals surface area contributed by atoms with E-state index in [1.807, 2.05) is 60.7 Å². The second kappa shape index (κ2) is 12.7. The summed E-state index contributed by atoms with van der Waals surface area (Å²) < 4.78 is 22.5. The molecule has 1 atom stereocenters. The van der Waals surface area contributed by atoms with Crippen molar-refractivity contribution in [3.05, 3.63) is 113 Å². The van der Waals surface area contributed by atoms with Crippen molar-refractivity contribution in [2.24, 2.45) is 0 Å². The summed E-state index contributed by atoms with van der Waals surface area (Å²) in [7, 11) is 0. The number of aryl methyl sites for hydroxylation is 1. The Morgan fingerprint density at radius 1 is 0.750 bits per heavy atom. The minimum absolute atomic E-state index is 0.321. The number of rotatable bonds is 12. The van der Waals surface area contributed by atoms with E-state index in [-0.39, 0.29) is 11.4 Å². The predicted molar refractivity (Wildman–Crippen MR) is 170 cm³/mol. The Morgan fingerprint density at radius 3 is 1.80 bits per heavy atom. The van der Waals surface area contributed by atoms with Gasteiger partial charge in [-0.3, -0.25) is 0 Å². The number of esters is 2. The minimum Gasteiger partial charge on any atom is -0.493 e. The van der Waals surface area contributed by atoms with E-state index in [0.717, 1.165) is 48.1 Å². The number of epoxide rings is 1. The van der Waals surface area contributed by atoms with Crippen LogP contribution in [0.4, 0.5) is 0 Å². The van der Waals surface area contributed by atoms with Gasteiger partial charge in [-0.1, -0.05) is 57.9 Å². The molecule has 0 N–H and O–H groups in total. The highest BCUT2D eigenvalue weighted by Crippen LogP contribution is 2.50. The summed E-state index contributed by atoms with van der Waals surface area (Å²) in [5, 5.41) is 0. The van der Waals surface area contributed by atoms with Crippen LogP contribution < -0.4 is 14.2 Å². The zero-order valence-electron chi connectivity index (χ0n) is 25.6. The molecule has 0 spiro atoms. The lowest BCUT2D eigenvalue weighted by atomic mass is 9.82. The Balaban J connectivity index is 1.11. The number of unbranched alkanes of at least 4 members (excludes halogenated alkanes) is 2. The normalized spacial score (nSPS) is 15.7. The van der Waals surface area contributed by atoms with E-state index in [1.165, 1.54) is 18.4 Å².